The van der Waals surface area contributed by atoms with E-state index in [9.17, 15) is 9.90 Å². The molecule has 2 fully saturated rings. The first kappa shape index (κ1) is 21.1. The highest BCUT2D eigenvalue weighted by molar-refractivity contribution is 5.79. The van der Waals surface area contributed by atoms with Crippen molar-refractivity contribution in [2.24, 2.45) is 0 Å². The molecule has 2 bridgehead atoms. The van der Waals surface area contributed by atoms with Gasteiger partial charge in [0.15, 0.2) is 0 Å². The minimum Gasteiger partial charge on any atom is -0.480 e. The topological polar surface area (TPSA) is 84.8 Å². The molecule has 2 saturated heterocycles. The molecule has 1 aromatic heterocycles. The Morgan fingerprint density at radius 1 is 0.971 bits per heavy atom. The summed E-state index contributed by atoms with van der Waals surface area (Å²) in [7, 11) is 1.53. The van der Waals surface area contributed by atoms with E-state index in [2.05, 4.69) is 34.5 Å². The minimum atomic E-state index is -1.11. The van der Waals surface area contributed by atoms with Crippen LogP contribution < -0.4 is 4.74 Å². The maximum atomic E-state index is 13.2. The number of methoxy groups -OCH3 is 1. The fourth-order valence-electron chi connectivity index (χ4n) is 6.08. The van der Waals surface area contributed by atoms with E-state index in [4.69, 9.17) is 9.47 Å². The summed E-state index contributed by atoms with van der Waals surface area (Å²) in [6.07, 6.45) is 2.25. The number of rotatable bonds is 4. The van der Waals surface area contributed by atoms with Crippen molar-refractivity contribution in [3.8, 4) is 17.0 Å². The Morgan fingerprint density at radius 3 is 2.15 bits per heavy atom. The van der Waals surface area contributed by atoms with Gasteiger partial charge in [-0.05, 0) is 41.2 Å². The lowest BCUT2D eigenvalue weighted by Gasteiger charge is -2.42. The van der Waals surface area contributed by atoms with E-state index in [0.29, 0.717) is 31.0 Å². The van der Waals surface area contributed by atoms with Gasteiger partial charge in [0.25, 0.3) is 0 Å². The Labute approximate surface area is 198 Å². The highest BCUT2D eigenvalue weighted by atomic mass is 16.6. The molecule has 0 spiro atoms. The Balaban J connectivity index is 1.17. The van der Waals surface area contributed by atoms with Crippen molar-refractivity contribution in [3.63, 3.8) is 0 Å². The van der Waals surface area contributed by atoms with E-state index in [1.54, 1.807) is 12.1 Å². The number of hydrogen-bond donors (Lipinski definition) is 1. The van der Waals surface area contributed by atoms with Gasteiger partial charge >= 0.3 is 6.09 Å². The average Bonchev–Trinajstić information content (AvgIpc) is 3.34. The Hall–Kier alpha value is -3.45. The summed E-state index contributed by atoms with van der Waals surface area (Å²) in [6, 6.07) is 20.0. The van der Waals surface area contributed by atoms with Crippen LogP contribution in [-0.4, -0.2) is 52.1 Å². The molecular formula is C27H27N3O4. The largest absolute Gasteiger partial charge is 0.480 e. The number of carbonyl (C=O) groups excluding carboxylic acids is 1. The van der Waals surface area contributed by atoms with Crippen molar-refractivity contribution in [1.29, 1.82) is 0 Å². The van der Waals surface area contributed by atoms with E-state index in [1.807, 2.05) is 29.2 Å². The molecule has 2 aromatic carbocycles. The van der Waals surface area contributed by atoms with Crippen LogP contribution in [0.15, 0.2) is 60.7 Å². The van der Waals surface area contributed by atoms with Gasteiger partial charge in [0, 0.05) is 36.9 Å². The number of piperidine rings is 1. The first-order chi connectivity index (χ1) is 16.6. The molecule has 3 aromatic rings. The van der Waals surface area contributed by atoms with Crippen LogP contribution in [0.25, 0.3) is 11.1 Å². The summed E-state index contributed by atoms with van der Waals surface area (Å²) in [4.78, 5) is 15.1. The lowest BCUT2D eigenvalue weighted by molar-refractivity contribution is -0.0564. The van der Waals surface area contributed by atoms with Crippen LogP contribution in [-0.2, 0) is 10.3 Å². The zero-order valence-electron chi connectivity index (χ0n) is 19.1. The van der Waals surface area contributed by atoms with Gasteiger partial charge in [0.05, 0.1) is 12.8 Å². The van der Waals surface area contributed by atoms with Gasteiger partial charge in [-0.15, -0.1) is 10.2 Å². The average molecular weight is 458 g/mol. The molecule has 3 heterocycles. The van der Waals surface area contributed by atoms with Crippen molar-refractivity contribution in [3.05, 3.63) is 77.5 Å². The molecular weight excluding hydrogens is 430 g/mol. The first-order valence-electron chi connectivity index (χ1n) is 11.8. The van der Waals surface area contributed by atoms with E-state index in [0.717, 1.165) is 12.8 Å². The molecule has 1 aliphatic carbocycles. The molecule has 7 nitrogen and oxygen atoms in total. The number of aliphatic hydroxyl groups is 1. The van der Waals surface area contributed by atoms with E-state index < -0.39 is 5.60 Å². The molecule has 7 heteroatoms. The molecule has 1 amide bonds. The molecule has 2 unspecified atom stereocenters. The quantitative estimate of drug-likeness (QED) is 0.631. The zero-order valence-corrected chi connectivity index (χ0v) is 19.1. The van der Waals surface area contributed by atoms with Crippen LogP contribution in [0.1, 0.15) is 48.4 Å². The zero-order chi connectivity index (χ0) is 23.3. The molecule has 2 aliphatic heterocycles. The number of ether oxygens (including phenoxy) is 2. The second-order valence-electron chi connectivity index (χ2n) is 9.50. The van der Waals surface area contributed by atoms with Gasteiger partial charge in [0.1, 0.15) is 12.2 Å². The van der Waals surface area contributed by atoms with Crippen molar-refractivity contribution in [2.45, 2.75) is 49.3 Å². The van der Waals surface area contributed by atoms with Crippen molar-refractivity contribution in [2.75, 3.05) is 13.7 Å². The summed E-state index contributed by atoms with van der Waals surface area (Å²) in [5.41, 5.74) is 4.24. The van der Waals surface area contributed by atoms with Crippen molar-refractivity contribution >= 4 is 6.09 Å². The number of amides is 1. The molecule has 2 atom stereocenters. The second-order valence-corrected chi connectivity index (χ2v) is 9.50. The van der Waals surface area contributed by atoms with Crippen molar-refractivity contribution < 1.29 is 19.4 Å². The highest BCUT2D eigenvalue weighted by Crippen LogP contribution is 2.47. The number of hydrogen-bond acceptors (Lipinski definition) is 6. The van der Waals surface area contributed by atoms with Gasteiger partial charge < -0.3 is 19.5 Å². The van der Waals surface area contributed by atoms with Gasteiger partial charge in [-0.25, -0.2) is 4.79 Å². The summed E-state index contributed by atoms with van der Waals surface area (Å²) < 4.78 is 11.0. The second kappa shape index (κ2) is 8.09. The predicted octanol–water partition coefficient (Wildman–Crippen LogP) is 4.25. The summed E-state index contributed by atoms with van der Waals surface area (Å²) >= 11 is 0. The Bertz CT molecular complexity index is 1170. The normalized spacial score (nSPS) is 25.1. The number of carbonyl (C=O) groups is 1. The molecule has 3 aliphatic rings. The third-order valence-electron chi connectivity index (χ3n) is 7.64. The SMILES string of the molecule is COc1ccc(C2(O)CC3CCC(C2)N3C(=O)OCC2c3ccccc3-c3ccccc32)nn1. The lowest BCUT2D eigenvalue weighted by atomic mass is 9.83. The number of fused-ring (bicyclic) bond motifs is 5. The molecule has 0 saturated carbocycles. The smallest absolute Gasteiger partial charge is 0.410 e. The van der Waals surface area contributed by atoms with Crippen LogP contribution in [0.2, 0.25) is 0 Å². The van der Waals surface area contributed by atoms with Crippen molar-refractivity contribution in [1.82, 2.24) is 15.1 Å². The van der Waals surface area contributed by atoms with E-state index >= 15 is 0 Å². The monoisotopic (exact) mass is 457 g/mol. The summed E-state index contributed by atoms with van der Waals surface area (Å²) in [6.45, 7) is 0.303. The fourth-order valence-corrected chi connectivity index (χ4v) is 6.08. The Kier molecular flexibility index (Phi) is 5.03. The first-order valence-corrected chi connectivity index (χ1v) is 11.8. The number of benzene rings is 2. The third kappa shape index (κ3) is 3.34. The third-order valence-corrected chi connectivity index (χ3v) is 7.64. The van der Waals surface area contributed by atoms with Crippen LogP contribution in [0.3, 0.4) is 0 Å². The van der Waals surface area contributed by atoms with Gasteiger partial charge in [-0.2, -0.15) is 0 Å². The fraction of sp³-hybridized carbons (Fsp3) is 0.370. The molecule has 1 N–H and O–H groups in total. The standard InChI is InChI=1S/C27H27N3O4/c1-33-25-13-12-24(28-29-25)27(32)14-17-10-11-18(15-27)30(17)26(31)34-16-23-21-8-4-2-6-19(21)20-7-3-5-9-22(20)23/h2-9,12-13,17-18,23,32H,10-11,14-16H2,1H3. The Morgan fingerprint density at radius 2 is 1.59 bits per heavy atom. The molecule has 6 rings (SSSR count). The van der Waals surface area contributed by atoms with Gasteiger partial charge in [0.2, 0.25) is 5.88 Å². The molecule has 34 heavy (non-hydrogen) atoms. The molecule has 0 radical (unpaired) electrons. The number of nitrogens with zero attached hydrogens (tertiary/aromatic N) is 3. The van der Waals surface area contributed by atoms with Gasteiger partial charge in [-0.1, -0.05) is 48.5 Å². The summed E-state index contributed by atoms with van der Waals surface area (Å²) in [5.74, 6) is 0.441. The van der Waals surface area contributed by atoms with E-state index in [1.165, 1.54) is 29.4 Å². The van der Waals surface area contributed by atoms with Crippen LogP contribution in [0.5, 0.6) is 5.88 Å². The molecule has 174 valence electrons. The van der Waals surface area contributed by atoms with E-state index in [-0.39, 0.29) is 24.1 Å². The highest BCUT2D eigenvalue weighted by Gasteiger charge is 2.51. The maximum absolute atomic E-state index is 13.2. The van der Waals surface area contributed by atoms with Crippen LogP contribution >= 0.6 is 0 Å². The summed E-state index contributed by atoms with van der Waals surface area (Å²) in [5, 5.41) is 19.6. The van der Waals surface area contributed by atoms with Gasteiger partial charge in [-0.3, -0.25) is 0 Å². The van der Waals surface area contributed by atoms with Crippen LogP contribution in [0, 0.1) is 0 Å². The lowest BCUT2D eigenvalue weighted by Crippen LogP contribution is -2.52. The number of aromatic nitrogens is 2. The minimum absolute atomic E-state index is 0.0327. The predicted molar refractivity (Wildman–Crippen MR) is 125 cm³/mol. The maximum Gasteiger partial charge on any atom is 0.410 e. The van der Waals surface area contributed by atoms with Crippen LogP contribution in [0.4, 0.5) is 4.79 Å².